The van der Waals surface area contributed by atoms with E-state index in [0.29, 0.717) is 35.7 Å². The number of piperazine rings is 1. The molecule has 34 heavy (non-hydrogen) atoms. The summed E-state index contributed by atoms with van der Waals surface area (Å²) in [6, 6.07) is 3.63. The highest BCUT2D eigenvalue weighted by Gasteiger charge is 2.33. The molecule has 2 fully saturated rings. The van der Waals surface area contributed by atoms with Crippen LogP contribution in [0.3, 0.4) is 0 Å². The van der Waals surface area contributed by atoms with Crippen LogP contribution in [0.25, 0.3) is 10.9 Å². The molecule has 9 nitrogen and oxygen atoms in total. The highest BCUT2D eigenvalue weighted by atomic mass is 16.5. The van der Waals surface area contributed by atoms with Gasteiger partial charge in [0.25, 0.3) is 0 Å². The number of rotatable bonds is 6. The van der Waals surface area contributed by atoms with Crippen LogP contribution in [-0.4, -0.2) is 93.8 Å². The summed E-state index contributed by atoms with van der Waals surface area (Å²) < 4.78 is 16.5. The lowest BCUT2D eigenvalue weighted by Crippen LogP contribution is -2.50. The fourth-order valence-electron chi connectivity index (χ4n) is 4.89. The first-order valence-electron chi connectivity index (χ1n) is 11.9. The molecule has 0 spiro atoms. The number of methoxy groups -OCH3 is 2. The van der Waals surface area contributed by atoms with Crippen molar-refractivity contribution in [1.82, 2.24) is 14.8 Å². The number of likely N-dealkylation sites (N-methyl/N-ethyl adjacent to an activating group) is 1. The van der Waals surface area contributed by atoms with Gasteiger partial charge in [-0.2, -0.15) is 0 Å². The van der Waals surface area contributed by atoms with Crippen LogP contribution in [0.4, 0.5) is 5.69 Å². The summed E-state index contributed by atoms with van der Waals surface area (Å²) in [5.74, 6) is 1.03. The molecule has 0 aliphatic carbocycles. The minimum atomic E-state index is -0.424. The molecule has 0 unspecified atom stereocenters. The van der Waals surface area contributed by atoms with Crippen LogP contribution in [0.5, 0.6) is 11.5 Å². The molecule has 2 aliphatic rings. The number of amides is 1. The van der Waals surface area contributed by atoms with Crippen LogP contribution in [0.15, 0.2) is 18.3 Å². The molecule has 0 atom stereocenters. The van der Waals surface area contributed by atoms with E-state index in [0.717, 1.165) is 50.1 Å². The van der Waals surface area contributed by atoms with Gasteiger partial charge in [-0.25, -0.2) is 4.79 Å². The molecule has 2 aliphatic heterocycles. The molecule has 0 bridgehead atoms. The van der Waals surface area contributed by atoms with Gasteiger partial charge in [0.1, 0.15) is 22.6 Å². The highest BCUT2D eigenvalue weighted by Crippen LogP contribution is 2.41. The smallest absolute Gasteiger partial charge is 0.341 e. The van der Waals surface area contributed by atoms with Gasteiger partial charge in [-0.15, -0.1) is 0 Å². The Morgan fingerprint density at radius 1 is 1.00 bits per heavy atom. The second kappa shape index (κ2) is 10.5. The number of fused-ring (bicyclic) bond motifs is 1. The van der Waals surface area contributed by atoms with Crippen molar-refractivity contribution in [2.45, 2.75) is 19.8 Å². The van der Waals surface area contributed by atoms with Gasteiger partial charge in [0.15, 0.2) is 0 Å². The van der Waals surface area contributed by atoms with Gasteiger partial charge in [-0.3, -0.25) is 9.78 Å². The van der Waals surface area contributed by atoms with Crippen molar-refractivity contribution in [2.75, 3.05) is 72.0 Å². The third-order valence-electron chi connectivity index (χ3n) is 6.83. The molecule has 9 heteroatoms. The minimum Gasteiger partial charge on any atom is -0.496 e. The van der Waals surface area contributed by atoms with E-state index < -0.39 is 5.97 Å². The summed E-state index contributed by atoms with van der Waals surface area (Å²) in [5.41, 5.74) is 1.75. The number of carbonyl (C=O) groups is 2. The SMILES string of the molecule is CCOC(=O)c1cnc2c(OC)ccc(OC)c2c1N1CCC(C(=O)N2CCN(C)CC2)CC1. The molecule has 0 saturated carbocycles. The Labute approximate surface area is 200 Å². The number of benzene rings is 1. The average molecular weight is 471 g/mol. The third kappa shape index (κ3) is 4.61. The lowest BCUT2D eigenvalue weighted by atomic mass is 9.93. The van der Waals surface area contributed by atoms with Gasteiger partial charge in [-0.05, 0) is 38.9 Å². The number of aromatic nitrogens is 1. The molecular formula is C25H34N4O5. The number of hydrogen-bond donors (Lipinski definition) is 0. The number of nitrogens with zero attached hydrogens (tertiary/aromatic N) is 4. The van der Waals surface area contributed by atoms with Crippen molar-refractivity contribution in [2.24, 2.45) is 5.92 Å². The second-order valence-corrected chi connectivity index (χ2v) is 8.82. The van der Waals surface area contributed by atoms with E-state index >= 15 is 0 Å². The maximum absolute atomic E-state index is 13.1. The highest BCUT2D eigenvalue weighted by molar-refractivity contribution is 6.09. The van der Waals surface area contributed by atoms with Crippen molar-refractivity contribution >= 4 is 28.5 Å². The van der Waals surface area contributed by atoms with Crippen molar-refractivity contribution in [1.29, 1.82) is 0 Å². The third-order valence-corrected chi connectivity index (χ3v) is 6.83. The van der Waals surface area contributed by atoms with Crippen LogP contribution >= 0.6 is 0 Å². The van der Waals surface area contributed by atoms with E-state index in [2.05, 4.69) is 21.8 Å². The Bertz CT molecular complexity index is 1040. The zero-order chi connectivity index (χ0) is 24.2. The van der Waals surface area contributed by atoms with Crippen LogP contribution in [0.1, 0.15) is 30.1 Å². The molecule has 0 N–H and O–H groups in total. The monoisotopic (exact) mass is 470 g/mol. The first-order chi connectivity index (χ1) is 16.5. The summed E-state index contributed by atoms with van der Waals surface area (Å²) in [4.78, 5) is 37.0. The molecule has 184 valence electrons. The van der Waals surface area contributed by atoms with Gasteiger partial charge in [0, 0.05) is 51.4 Å². The van der Waals surface area contributed by atoms with Crippen molar-refractivity contribution in [3.63, 3.8) is 0 Å². The minimum absolute atomic E-state index is 0.00441. The number of anilines is 1. The van der Waals surface area contributed by atoms with E-state index in [1.165, 1.54) is 0 Å². The van der Waals surface area contributed by atoms with Gasteiger partial charge < -0.3 is 28.9 Å². The maximum atomic E-state index is 13.1. The standard InChI is InChI=1S/C25H34N4O5/c1-5-34-25(31)18-16-26-22-20(33-4)7-6-19(32-3)21(22)23(18)28-10-8-17(9-11-28)24(30)29-14-12-27(2)13-15-29/h6-7,16-17H,5,8-15H2,1-4H3. The summed E-state index contributed by atoms with van der Waals surface area (Å²) in [5, 5.41) is 0.719. The topological polar surface area (TPSA) is 84.4 Å². The number of esters is 1. The number of ether oxygens (including phenoxy) is 3. The quantitative estimate of drug-likeness (QED) is 0.595. The Morgan fingerprint density at radius 3 is 2.26 bits per heavy atom. The van der Waals surface area contributed by atoms with Gasteiger partial charge in [0.05, 0.1) is 31.9 Å². The molecule has 4 rings (SSSR count). The van der Waals surface area contributed by atoms with Gasteiger partial charge in [-0.1, -0.05) is 0 Å². The molecule has 1 amide bonds. The molecule has 1 aromatic heterocycles. The zero-order valence-corrected chi connectivity index (χ0v) is 20.5. The second-order valence-electron chi connectivity index (χ2n) is 8.82. The van der Waals surface area contributed by atoms with Crippen molar-refractivity contribution in [3.8, 4) is 11.5 Å². The Morgan fingerprint density at radius 2 is 1.65 bits per heavy atom. The van der Waals surface area contributed by atoms with Crippen molar-refractivity contribution < 1.29 is 23.8 Å². The van der Waals surface area contributed by atoms with E-state index in [4.69, 9.17) is 14.2 Å². The van der Waals surface area contributed by atoms with E-state index in [9.17, 15) is 9.59 Å². The average Bonchev–Trinajstić information content (AvgIpc) is 2.87. The van der Waals surface area contributed by atoms with Crippen molar-refractivity contribution in [3.05, 3.63) is 23.9 Å². The van der Waals surface area contributed by atoms with E-state index in [-0.39, 0.29) is 18.4 Å². The Balaban J connectivity index is 1.66. The summed E-state index contributed by atoms with van der Waals surface area (Å²) >= 11 is 0. The largest absolute Gasteiger partial charge is 0.496 e. The lowest BCUT2D eigenvalue weighted by Gasteiger charge is -2.38. The van der Waals surface area contributed by atoms with Crippen LogP contribution in [0.2, 0.25) is 0 Å². The lowest BCUT2D eigenvalue weighted by molar-refractivity contribution is -0.137. The molecular weight excluding hydrogens is 436 g/mol. The van der Waals surface area contributed by atoms with E-state index in [1.807, 2.05) is 17.0 Å². The van der Waals surface area contributed by atoms with E-state index in [1.54, 1.807) is 27.3 Å². The summed E-state index contributed by atoms with van der Waals surface area (Å²) in [6.45, 7) is 6.75. The molecule has 0 radical (unpaired) electrons. The predicted molar refractivity (Wildman–Crippen MR) is 130 cm³/mol. The first-order valence-corrected chi connectivity index (χ1v) is 11.9. The molecule has 3 heterocycles. The Kier molecular flexibility index (Phi) is 7.41. The molecule has 2 aromatic rings. The number of carbonyl (C=O) groups excluding carboxylic acids is 2. The summed E-state index contributed by atoms with van der Waals surface area (Å²) in [6.07, 6.45) is 3.01. The van der Waals surface area contributed by atoms with Gasteiger partial charge >= 0.3 is 5.97 Å². The van der Waals surface area contributed by atoms with Crippen LogP contribution < -0.4 is 14.4 Å². The summed E-state index contributed by atoms with van der Waals surface area (Å²) in [7, 11) is 5.28. The first kappa shape index (κ1) is 24.1. The fourth-order valence-corrected chi connectivity index (χ4v) is 4.89. The zero-order valence-electron chi connectivity index (χ0n) is 20.5. The van der Waals surface area contributed by atoms with Crippen LogP contribution in [-0.2, 0) is 9.53 Å². The number of piperidine rings is 1. The Hall–Kier alpha value is -3.07. The predicted octanol–water partition coefficient (Wildman–Crippen LogP) is 2.42. The van der Waals surface area contributed by atoms with Gasteiger partial charge in [0.2, 0.25) is 5.91 Å². The fraction of sp³-hybridized carbons (Fsp3) is 0.560. The molecule has 1 aromatic carbocycles. The molecule has 2 saturated heterocycles. The van der Waals surface area contributed by atoms with Crippen LogP contribution in [0, 0.1) is 5.92 Å². The maximum Gasteiger partial charge on any atom is 0.341 e. The normalized spacial score (nSPS) is 17.6. The number of hydrogen-bond acceptors (Lipinski definition) is 8. The number of pyridine rings is 1.